The van der Waals surface area contributed by atoms with Gasteiger partial charge in [0.2, 0.25) is 0 Å². The second kappa shape index (κ2) is 7.14. The Bertz CT molecular complexity index is 870. The molecule has 1 aromatic carbocycles. The highest BCUT2D eigenvalue weighted by Gasteiger charge is 2.23. The van der Waals surface area contributed by atoms with Gasteiger partial charge < -0.3 is 9.47 Å². The predicted octanol–water partition coefficient (Wildman–Crippen LogP) is 4.34. The van der Waals surface area contributed by atoms with Gasteiger partial charge in [-0.05, 0) is 44.4 Å². The van der Waals surface area contributed by atoms with Gasteiger partial charge in [-0.3, -0.25) is 9.48 Å². The number of carbonyl (C=O) groups excluding carboxylic acids is 1. The van der Waals surface area contributed by atoms with Gasteiger partial charge in [0, 0.05) is 13.1 Å². The quantitative estimate of drug-likeness (QED) is 0.583. The highest BCUT2D eigenvalue weighted by atomic mass is 35.5. The number of halogens is 2. The van der Waals surface area contributed by atoms with Crippen LogP contribution >= 0.6 is 23.2 Å². The molecule has 134 valence electrons. The van der Waals surface area contributed by atoms with Crippen LogP contribution in [0.15, 0.2) is 23.0 Å². The summed E-state index contributed by atoms with van der Waals surface area (Å²) in [6.45, 7) is 4.76. The number of ether oxygens (including phenoxy) is 2. The monoisotopic (exact) mass is 384 g/mol. The Kier molecular flexibility index (Phi) is 5.11. The van der Waals surface area contributed by atoms with E-state index < -0.39 is 6.16 Å². The van der Waals surface area contributed by atoms with Crippen LogP contribution in [-0.4, -0.2) is 21.6 Å². The molecular formula is C17H18Cl2N2O4. The summed E-state index contributed by atoms with van der Waals surface area (Å²) in [6.07, 6.45) is 0.749. The molecule has 0 saturated carbocycles. The van der Waals surface area contributed by atoms with Crippen LogP contribution in [0.1, 0.15) is 26.7 Å². The lowest BCUT2D eigenvalue weighted by Gasteiger charge is -2.17. The van der Waals surface area contributed by atoms with Crippen LogP contribution in [0.5, 0.6) is 5.75 Å². The molecule has 1 aliphatic rings. The first kappa shape index (κ1) is 17.9. The van der Waals surface area contributed by atoms with E-state index in [4.69, 9.17) is 32.7 Å². The molecule has 0 fully saturated rings. The van der Waals surface area contributed by atoms with E-state index in [2.05, 4.69) is 0 Å². The summed E-state index contributed by atoms with van der Waals surface area (Å²) in [6, 6.07) is 4.77. The Balaban J connectivity index is 1.99. The van der Waals surface area contributed by atoms with Crippen LogP contribution in [0, 0.1) is 0 Å². The topological polar surface area (TPSA) is 62.5 Å². The van der Waals surface area contributed by atoms with Gasteiger partial charge in [-0.15, -0.1) is 0 Å². The number of hydrogen-bond donors (Lipinski definition) is 0. The Labute approximate surface area is 154 Å². The van der Waals surface area contributed by atoms with E-state index in [0.29, 0.717) is 29.4 Å². The molecule has 0 bridgehead atoms. The molecule has 2 heterocycles. The smallest absolute Gasteiger partial charge is 0.431 e. The molecule has 0 radical (unpaired) electrons. The Hall–Kier alpha value is -1.92. The van der Waals surface area contributed by atoms with Crippen molar-refractivity contribution in [3.05, 3.63) is 38.7 Å². The first-order valence-corrected chi connectivity index (χ1v) is 8.81. The third kappa shape index (κ3) is 3.55. The van der Waals surface area contributed by atoms with E-state index in [9.17, 15) is 9.59 Å². The van der Waals surface area contributed by atoms with Crippen molar-refractivity contribution in [1.29, 1.82) is 0 Å². The third-order valence-electron chi connectivity index (χ3n) is 3.91. The fourth-order valence-electron chi connectivity index (χ4n) is 2.81. The minimum Gasteiger partial charge on any atom is -0.431 e. The summed E-state index contributed by atoms with van der Waals surface area (Å²) in [4.78, 5) is 24.4. The summed E-state index contributed by atoms with van der Waals surface area (Å²) >= 11 is 12.5. The Morgan fingerprint density at radius 2 is 1.84 bits per heavy atom. The summed E-state index contributed by atoms with van der Waals surface area (Å²) in [5.74, 6) is 0.120. The first-order valence-electron chi connectivity index (χ1n) is 8.06. The number of rotatable bonds is 3. The molecule has 0 N–H and O–H groups in total. The number of fused-ring (bicyclic) bond motifs is 1. The van der Waals surface area contributed by atoms with E-state index in [1.807, 2.05) is 0 Å². The normalized spacial score (nSPS) is 13.6. The first-order chi connectivity index (χ1) is 11.9. The van der Waals surface area contributed by atoms with Crippen molar-refractivity contribution < 1.29 is 14.3 Å². The second-order valence-electron chi connectivity index (χ2n) is 6.09. The van der Waals surface area contributed by atoms with Gasteiger partial charge in [0.25, 0.3) is 5.56 Å². The summed E-state index contributed by atoms with van der Waals surface area (Å²) in [7, 11) is 0. The maximum Gasteiger partial charge on any atom is 0.514 e. The van der Waals surface area contributed by atoms with Crippen LogP contribution in [0.2, 0.25) is 10.2 Å². The third-order valence-corrected chi connectivity index (χ3v) is 4.60. The van der Waals surface area contributed by atoms with Crippen LogP contribution in [0.25, 0.3) is 11.1 Å². The Morgan fingerprint density at radius 1 is 1.16 bits per heavy atom. The fourth-order valence-corrected chi connectivity index (χ4v) is 3.33. The highest BCUT2D eigenvalue weighted by Crippen LogP contribution is 2.33. The number of aromatic nitrogens is 2. The number of nitrogens with zero attached hydrogens (tertiary/aromatic N) is 2. The van der Waals surface area contributed by atoms with Crippen molar-refractivity contribution >= 4 is 29.4 Å². The minimum atomic E-state index is -0.854. The molecule has 0 spiro atoms. The Morgan fingerprint density at radius 3 is 2.48 bits per heavy atom. The van der Waals surface area contributed by atoms with Crippen molar-refractivity contribution in [1.82, 2.24) is 9.36 Å². The van der Waals surface area contributed by atoms with Crippen LogP contribution in [-0.2, 0) is 17.8 Å². The van der Waals surface area contributed by atoms with Crippen molar-refractivity contribution in [3.8, 4) is 16.9 Å². The summed E-state index contributed by atoms with van der Waals surface area (Å²) in [5, 5.41) is 0.618. The molecule has 3 rings (SSSR count). The maximum atomic E-state index is 12.7. The zero-order chi connectivity index (χ0) is 18.1. The van der Waals surface area contributed by atoms with E-state index in [1.165, 1.54) is 6.07 Å². The van der Waals surface area contributed by atoms with Gasteiger partial charge >= 0.3 is 6.16 Å². The fraction of sp³-hybridized carbons (Fsp3) is 0.412. The lowest BCUT2D eigenvalue weighted by molar-refractivity contribution is 0.0729. The largest absolute Gasteiger partial charge is 0.514 e. The SMILES string of the molecule is CC(C)OC(=O)Oc1cc(-c2c(Cl)n3n(c2=O)CCCC3)ccc1Cl. The standard InChI is InChI=1S/C17H18Cl2N2O4/c1-10(2)24-17(23)25-13-9-11(5-6-12(13)18)14-15(19)20-7-3-4-8-21(20)16(14)22/h5-6,9-10H,3-4,7-8H2,1-2H3. The van der Waals surface area contributed by atoms with E-state index in [1.54, 1.807) is 35.3 Å². The molecule has 1 aliphatic heterocycles. The molecule has 6 nitrogen and oxygen atoms in total. The van der Waals surface area contributed by atoms with Gasteiger partial charge in [0.05, 0.1) is 16.7 Å². The zero-order valence-corrected chi connectivity index (χ0v) is 15.4. The zero-order valence-electron chi connectivity index (χ0n) is 13.9. The molecule has 0 aliphatic carbocycles. The van der Waals surface area contributed by atoms with Crippen molar-refractivity contribution in [2.45, 2.75) is 45.9 Å². The van der Waals surface area contributed by atoms with Crippen LogP contribution in [0.4, 0.5) is 4.79 Å². The number of benzene rings is 1. The van der Waals surface area contributed by atoms with Crippen molar-refractivity contribution in [2.75, 3.05) is 0 Å². The van der Waals surface area contributed by atoms with Gasteiger partial charge in [-0.25, -0.2) is 9.48 Å². The molecule has 0 unspecified atom stereocenters. The summed E-state index contributed by atoms with van der Waals surface area (Å²) in [5.41, 5.74) is 0.756. The van der Waals surface area contributed by atoms with E-state index in [0.717, 1.165) is 12.8 Å². The van der Waals surface area contributed by atoms with Crippen LogP contribution in [0.3, 0.4) is 0 Å². The second-order valence-corrected chi connectivity index (χ2v) is 6.85. The minimum absolute atomic E-state index is 0.120. The average molecular weight is 385 g/mol. The van der Waals surface area contributed by atoms with Crippen LogP contribution < -0.4 is 10.3 Å². The van der Waals surface area contributed by atoms with Crippen molar-refractivity contribution in [2.24, 2.45) is 0 Å². The van der Waals surface area contributed by atoms with Gasteiger partial charge in [-0.1, -0.05) is 29.3 Å². The van der Waals surface area contributed by atoms with Gasteiger partial charge in [-0.2, -0.15) is 0 Å². The predicted molar refractivity (Wildman–Crippen MR) is 95.6 cm³/mol. The van der Waals surface area contributed by atoms with E-state index >= 15 is 0 Å². The lowest BCUT2D eigenvalue weighted by Crippen LogP contribution is -2.27. The molecule has 8 heteroatoms. The maximum absolute atomic E-state index is 12.7. The summed E-state index contributed by atoms with van der Waals surface area (Å²) < 4.78 is 13.5. The number of carbonyl (C=O) groups is 1. The highest BCUT2D eigenvalue weighted by molar-refractivity contribution is 6.33. The molecular weight excluding hydrogens is 367 g/mol. The van der Waals surface area contributed by atoms with Gasteiger partial charge in [0.1, 0.15) is 5.15 Å². The van der Waals surface area contributed by atoms with Crippen molar-refractivity contribution in [3.63, 3.8) is 0 Å². The molecule has 1 aromatic heterocycles. The molecule has 25 heavy (non-hydrogen) atoms. The molecule has 0 saturated heterocycles. The number of hydrogen-bond acceptors (Lipinski definition) is 4. The van der Waals surface area contributed by atoms with Gasteiger partial charge in [0.15, 0.2) is 5.75 Å². The average Bonchev–Trinajstić information content (AvgIpc) is 2.81. The van der Waals surface area contributed by atoms with E-state index in [-0.39, 0.29) is 22.4 Å². The lowest BCUT2D eigenvalue weighted by atomic mass is 10.1. The molecule has 0 atom stereocenters. The molecule has 2 aromatic rings. The molecule has 0 amide bonds.